The third-order valence-corrected chi connectivity index (χ3v) is 13.2. The Morgan fingerprint density at radius 2 is 1.57 bits per heavy atom. The van der Waals surface area contributed by atoms with Crippen LogP contribution in [0.1, 0.15) is 68.6 Å². The molecule has 9 N–H and O–H groups in total. The minimum Gasteiger partial charge on any atom is -0.496 e. The van der Waals surface area contributed by atoms with E-state index in [0.717, 1.165) is 58.6 Å². The van der Waals surface area contributed by atoms with E-state index in [2.05, 4.69) is 48.4 Å². The number of methoxy groups -OCH3 is 1. The first-order chi connectivity index (χ1) is 37.1. The molecule has 3 aliphatic rings. The zero-order chi connectivity index (χ0) is 55.0. The lowest BCUT2D eigenvalue weighted by Gasteiger charge is -2.38. The number of nitrogens with zero attached hydrogens (tertiary/aromatic N) is 6. The average molecular weight is 1070 g/mol. The molecule has 0 radical (unpaired) electrons. The molecule has 4 aromatic rings. The predicted molar refractivity (Wildman–Crippen MR) is 277 cm³/mol. The molecule has 0 aliphatic carbocycles. The Bertz CT molecular complexity index is 2730. The van der Waals surface area contributed by atoms with Crippen LogP contribution in [0.25, 0.3) is 11.0 Å². The van der Waals surface area contributed by atoms with E-state index >= 15 is 0 Å². The molecular weight excluding hydrogens is 1000 g/mol. The summed E-state index contributed by atoms with van der Waals surface area (Å²) in [6, 6.07) is 12.5. The van der Waals surface area contributed by atoms with Gasteiger partial charge in [-0.2, -0.15) is 4.98 Å². The SMILES string of the molecule is CCCCCNc1nc(N)nc2ccn(Cc3ccc(CN4CCN(C(=O)OCc5ccc(O[C@@H]6O[C@H](C(=O)O)[C@@H](O)[C@H](O)[C@H]6O)c(NC(=O)CCCCNC(=O)CCOCCN6C(=O)C=CC6=O)c5)CC4)cc3OC)c12. The quantitative estimate of drug-likeness (QED) is 0.0312. The van der Waals surface area contributed by atoms with Crippen molar-refractivity contribution >= 4 is 64.2 Å². The number of aliphatic carboxylic acids is 1. The van der Waals surface area contributed by atoms with Crippen molar-refractivity contribution in [1.82, 2.24) is 34.6 Å². The summed E-state index contributed by atoms with van der Waals surface area (Å²) >= 11 is 0. The summed E-state index contributed by atoms with van der Waals surface area (Å²) in [5.74, 6) is -1.66. The Morgan fingerprint density at radius 1 is 0.818 bits per heavy atom. The fraction of sp³-hybridized carbons (Fsp3) is 0.500. The first-order valence-electron chi connectivity index (χ1n) is 25.7. The molecule has 5 atom stereocenters. The number of carboxylic acids is 1. The molecule has 5 heterocycles. The predicted octanol–water partition coefficient (Wildman–Crippen LogP) is 1.95. The van der Waals surface area contributed by atoms with Crippen LogP contribution in [0, 0.1) is 0 Å². The van der Waals surface area contributed by atoms with Crippen LogP contribution in [-0.4, -0.2) is 182 Å². The van der Waals surface area contributed by atoms with Gasteiger partial charge in [0.15, 0.2) is 11.9 Å². The number of imide groups is 1. The van der Waals surface area contributed by atoms with Crippen LogP contribution in [0.15, 0.2) is 60.8 Å². The number of benzene rings is 2. The molecule has 0 bridgehead atoms. The molecule has 25 nitrogen and oxygen atoms in total. The molecule has 7 rings (SSSR count). The maximum absolute atomic E-state index is 13.4. The average Bonchev–Trinajstić information content (AvgIpc) is 4.01. The number of nitrogen functional groups attached to an aromatic ring is 1. The fourth-order valence-corrected chi connectivity index (χ4v) is 8.90. The molecule has 2 aromatic carbocycles. The number of ether oxygens (including phenoxy) is 5. The number of aromatic nitrogens is 3. The summed E-state index contributed by atoms with van der Waals surface area (Å²) in [7, 11) is 1.64. The number of aliphatic hydroxyl groups is 3. The van der Waals surface area contributed by atoms with Gasteiger partial charge in [-0.05, 0) is 54.7 Å². The Kier molecular flexibility index (Phi) is 20.5. The van der Waals surface area contributed by atoms with Gasteiger partial charge < -0.3 is 75.3 Å². The fourth-order valence-electron chi connectivity index (χ4n) is 8.90. The van der Waals surface area contributed by atoms with Gasteiger partial charge in [-0.15, -0.1) is 0 Å². The lowest BCUT2D eigenvalue weighted by atomic mass is 9.99. The minimum absolute atomic E-state index is 0.00327. The van der Waals surface area contributed by atoms with Gasteiger partial charge in [-0.3, -0.25) is 29.0 Å². The Balaban J connectivity index is 0.891. The second kappa shape index (κ2) is 27.6. The van der Waals surface area contributed by atoms with Gasteiger partial charge in [-0.25, -0.2) is 14.6 Å². The van der Waals surface area contributed by atoms with Crippen LogP contribution in [0.3, 0.4) is 0 Å². The Hall–Kier alpha value is -7.42. The van der Waals surface area contributed by atoms with E-state index in [1.54, 1.807) is 12.0 Å². The van der Waals surface area contributed by atoms with E-state index in [0.29, 0.717) is 63.5 Å². The first kappa shape index (κ1) is 57.3. The number of nitrogens with two attached hydrogens (primary N) is 1. The van der Waals surface area contributed by atoms with Crippen LogP contribution in [-0.2, 0) is 57.9 Å². The zero-order valence-corrected chi connectivity index (χ0v) is 43.1. The molecule has 0 spiro atoms. The molecule has 5 amide bonds. The third-order valence-electron chi connectivity index (χ3n) is 13.2. The van der Waals surface area contributed by atoms with E-state index in [1.165, 1.54) is 30.4 Å². The van der Waals surface area contributed by atoms with E-state index in [-0.39, 0.29) is 69.0 Å². The highest BCUT2D eigenvalue weighted by atomic mass is 16.7. The smallest absolute Gasteiger partial charge is 0.410 e. The number of hydrogen-bond acceptors (Lipinski definition) is 19. The maximum Gasteiger partial charge on any atom is 0.410 e. The number of hydrogen-bond donors (Lipinski definition) is 8. The molecule has 2 fully saturated rings. The molecule has 2 saturated heterocycles. The van der Waals surface area contributed by atoms with E-state index in [9.17, 15) is 49.2 Å². The molecule has 0 saturated carbocycles. The van der Waals surface area contributed by atoms with E-state index in [4.69, 9.17) is 29.4 Å². The molecule has 0 unspecified atom stereocenters. The van der Waals surface area contributed by atoms with Crippen LogP contribution < -0.4 is 31.2 Å². The van der Waals surface area contributed by atoms with Crippen molar-refractivity contribution in [3.63, 3.8) is 0 Å². The topological polar surface area (TPSA) is 332 Å². The number of carbonyl (C=O) groups is 6. The molecule has 25 heteroatoms. The van der Waals surface area contributed by atoms with Gasteiger partial charge >= 0.3 is 12.1 Å². The summed E-state index contributed by atoms with van der Waals surface area (Å²) in [5.41, 5.74) is 10.1. The van der Waals surface area contributed by atoms with Gasteiger partial charge in [0.1, 0.15) is 41.9 Å². The summed E-state index contributed by atoms with van der Waals surface area (Å²) in [6.45, 7) is 6.31. The number of aliphatic hydroxyl groups excluding tert-OH is 3. The van der Waals surface area contributed by atoms with Crippen LogP contribution in [0.2, 0.25) is 0 Å². The third kappa shape index (κ3) is 15.6. The number of nitrogens with one attached hydrogen (secondary N) is 3. The number of unbranched alkanes of at least 4 members (excludes halogenated alkanes) is 3. The highest BCUT2D eigenvalue weighted by molar-refractivity contribution is 6.12. The number of fused-ring (bicyclic) bond motifs is 1. The summed E-state index contributed by atoms with van der Waals surface area (Å²) in [6.07, 6.45) is -1.66. The van der Waals surface area contributed by atoms with Gasteiger partial charge in [0, 0.05) is 82.6 Å². The highest BCUT2D eigenvalue weighted by Gasteiger charge is 2.48. The van der Waals surface area contributed by atoms with Gasteiger partial charge in [0.2, 0.25) is 24.1 Å². The Morgan fingerprint density at radius 3 is 2.31 bits per heavy atom. The molecular formula is C52H68N10O15. The van der Waals surface area contributed by atoms with Gasteiger partial charge in [-0.1, -0.05) is 38.0 Å². The van der Waals surface area contributed by atoms with Crippen LogP contribution in [0.4, 0.5) is 22.2 Å². The lowest BCUT2D eigenvalue weighted by Crippen LogP contribution is -2.61. The number of piperazine rings is 1. The van der Waals surface area contributed by atoms with Crippen molar-refractivity contribution in [3.8, 4) is 11.5 Å². The second-order valence-electron chi connectivity index (χ2n) is 18.8. The van der Waals surface area contributed by atoms with Crippen molar-refractivity contribution in [3.05, 3.63) is 77.5 Å². The Labute approximate surface area is 444 Å². The van der Waals surface area contributed by atoms with Crippen LogP contribution in [0.5, 0.6) is 11.5 Å². The van der Waals surface area contributed by atoms with Gasteiger partial charge in [0.05, 0.1) is 44.6 Å². The van der Waals surface area contributed by atoms with Crippen molar-refractivity contribution < 1.29 is 72.9 Å². The summed E-state index contributed by atoms with van der Waals surface area (Å²) in [4.78, 5) is 87.8. The van der Waals surface area contributed by atoms with E-state index in [1.807, 2.05) is 24.4 Å². The van der Waals surface area contributed by atoms with Gasteiger partial charge in [0.25, 0.3) is 11.8 Å². The molecule has 2 aromatic heterocycles. The second-order valence-corrected chi connectivity index (χ2v) is 18.8. The molecule has 3 aliphatic heterocycles. The number of anilines is 3. The lowest BCUT2D eigenvalue weighted by molar-refractivity contribution is -0.271. The zero-order valence-electron chi connectivity index (χ0n) is 43.1. The molecule has 416 valence electrons. The summed E-state index contributed by atoms with van der Waals surface area (Å²) < 4.78 is 30.1. The maximum atomic E-state index is 13.4. The molecule has 77 heavy (non-hydrogen) atoms. The number of amides is 5. The van der Waals surface area contributed by atoms with E-state index < -0.39 is 60.5 Å². The summed E-state index contributed by atoms with van der Waals surface area (Å²) in [5, 5.41) is 49.7. The highest BCUT2D eigenvalue weighted by Crippen LogP contribution is 2.32. The first-order valence-corrected chi connectivity index (χ1v) is 25.7. The number of carboxylic acid groups (broad SMARTS) is 1. The minimum atomic E-state index is -1.96. The van der Waals surface area contributed by atoms with Crippen molar-refractivity contribution in [2.45, 2.75) is 102 Å². The largest absolute Gasteiger partial charge is 0.496 e. The standard InChI is InChI=1S/C52H68N10O15/c1-3-4-6-18-55-48-43-35(57-51(53)58-48)15-19-61(43)30-34-11-9-32(28-38(34)73-2)29-59-20-22-60(23-21-59)52(72)75-31-33-10-12-37(76-50-46(69)44(67)45(68)47(77-50)49(70)71)36(27-33)56-40(64)8-5-7-17-54-39(63)16-25-74-26-24-62-41(65)13-14-42(62)66/h9-15,19,27-28,44-47,50,67-69H,3-8,16-18,20-26,29-31H2,1-2H3,(H,54,63)(H,56,64)(H,70,71)(H3,53,55,57,58)/t44-,45-,46+,47-,50+/m0/s1. The van der Waals surface area contributed by atoms with Crippen molar-refractivity contribution in [1.29, 1.82) is 0 Å². The van der Waals surface area contributed by atoms with Crippen molar-refractivity contribution in [2.75, 3.05) is 82.5 Å². The monoisotopic (exact) mass is 1070 g/mol. The number of rotatable bonds is 27. The van der Waals surface area contributed by atoms with Crippen molar-refractivity contribution in [2.24, 2.45) is 0 Å². The van der Waals surface area contributed by atoms with Crippen LogP contribution >= 0.6 is 0 Å². The number of carbonyl (C=O) groups excluding carboxylic acids is 5. The normalized spacial score (nSPS) is 19.6.